The van der Waals surface area contributed by atoms with Crippen molar-refractivity contribution in [3.05, 3.63) is 130 Å². The molecule has 4 aromatic rings. The highest BCUT2D eigenvalue weighted by molar-refractivity contribution is 5.94. The lowest BCUT2D eigenvalue weighted by Gasteiger charge is -2.29. The standard InChI is InChI=1S/C24H25FN2O.C14H8FNO2.C10H19N/c25-21-10-12-22(26-16-21)11-7-18-5-8-20(9-6-18)23(28)27-17-24(13-1-2-14-24)15-19-3-4-19;15-12-6-8-13(16-9-12)7-3-10-1-4-11(5-2-10)14(17)18;11-8-10(5-1-2-6-10)7-9-3-4-9/h5-6,8-10,12,16,19H,1-4,13-15,17H2,(H,27,28);1-2,4-6,8-9H,(H,17,18);9H,1-8,11H2. The van der Waals surface area contributed by atoms with Gasteiger partial charge in [0.25, 0.3) is 5.91 Å². The molecule has 0 bridgehead atoms. The Bertz CT molecular complexity index is 2060. The van der Waals surface area contributed by atoms with Crippen molar-refractivity contribution in [2.75, 3.05) is 13.1 Å². The van der Waals surface area contributed by atoms with Gasteiger partial charge in [0.1, 0.15) is 23.0 Å². The molecule has 7 nitrogen and oxygen atoms in total. The van der Waals surface area contributed by atoms with Gasteiger partial charge < -0.3 is 16.2 Å². The average molecular weight is 771 g/mol. The van der Waals surface area contributed by atoms with Crippen LogP contribution in [-0.2, 0) is 0 Å². The van der Waals surface area contributed by atoms with Crippen molar-refractivity contribution in [2.45, 2.75) is 89.9 Å². The topological polar surface area (TPSA) is 118 Å². The number of nitrogens with two attached hydrogens (primary N) is 1. The summed E-state index contributed by atoms with van der Waals surface area (Å²) in [6.07, 6.45) is 21.5. The highest BCUT2D eigenvalue weighted by atomic mass is 19.1. The van der Waals surface area contributed by atoms with Crippen molar-refractivity contribution < 1.29 is 23.5 Å². The second-order valence-electron chi connectivity index (χ2n) is 16.3. The molecule has 0 aliphatic heterocycles. The number of hydrogen-bond donors (Lipinski definition) is 3. The summed E-state index contributed by atoms with van der Waals surface area (Å²) in [7, 11) is 0. The third-order valence-electron chi connectivity index (χ3n) is 11.6. The minimum Gasteiger partial charge on any atom is -0.478 e. The Kier molecular flexibility index (Phi) is 14.2. The first-order valence-corrected chi connectivity index (χ1v) is 20.3. The minimum atomic E-state index is -0.977. The maximum absolute atomic E-state index is 12.9. The summed E-state index contributed by atoms with van der Waals surface area (Å²) in [5.41, 5.74) is 10.1. The van der Waals surface area contributed by atoms with Crippen LogP contribution in [0.3, 0.4) is 0 Å². The Morgan fingerprint density at radius 2 is 1.09 bits per heavy atom. The zero-order chi connectivity index (χ0) is 40.1. The largest absolute Gasteiger partial charge is 0.478 e. The molecule has 0 unspecified atom stereocenters. The van der Waals surface area contributed by atoms with Crippen molar-refractivity contribution in [1.82, 2.24) is 15.3 Å². The van der Waals surface area contributed by atoms with Crippen molar-refractivity contribution >= 4 is 11.9 Å². The first-order chi connectivity index (χ1) is 27.6. The van der Waals surface area contributed by atoms with Gasteiger partial charge in [-0.2, -0.15) is 0 Å². The number of nitrogens with zero attached hydrogens (tertiary/aromatic N) is 2. The quantitative estimate of drug-likeness (QED) is 0.146. The van der Waals surface area contributed by atoms with Crippen LogP contribution in [0.15, 0.2) is 85.2 Å². The number of carbonyl (C=O) groups excluding carboxylic acids is 1. The van der Waals surface area contributed by atoms with Crippen LogP contribution in [0, 0.1) is 58.0 Å². The molecule has 4 saturated carbocycles. The summed E-state index contributed by atoms with van der Waals surface area (Å²) in [4.78, 5) is 30.9. The van der Waals surface area contributed by atoms with Crippen molar-refractivity contribution in [2.24, 2.45) is 28.4 Å². The van der Waals surface area contributed by atoms with E-state index >= 15 is 0 Å². The van der Waals surface area contributed by atoms with Gasteiger partial charge in [-0.15, -0.1) is 0 Å². The van der Waals surface area contributed by atoms with Crippen LogP contribution < -0.4 is 11.1 Å². The normalized spacial score (nSPS) is 17.2. The molecule has 4 fully saturated rings. The Balaban J connectivity index is 0.000000161. The van der Waals surface area contributed by atoms with Crippen LogP contribution in [0.1, 0.15) is 133 Å². The molecule has 8 rings (SSSR count). The van der Waals surface area contributed by atoms with Gasteiger partial charge in [0.2, 0.25) is 0 Å². The number of rotatable bonds is 9. The van der Waals surface area contributed by atoms with E-state index < -0.39 is 11.8 Å². The fourth-order valence-corrected chi connectivity index (χ4v) is 8.01. The van der Waals surface area contributed by atoms with E-state index in [1.807, 2.05) is 12.1 Å². The molecular formula is C48H52F2N4O3. The maximum Gasteiger partial charge on any atom is 0.335 e. The van der Waals surface area contributed by atoms with Gasteiger partial charge in [-0.1, -0.05) is 63.2 Å². The average Bonchev–Trinajstić information content (AvgIpc) is 4.14. The first kappa shape index (κ1) is 41.3. The Morgan fingerprint density at radius 3 is 1.49 bits per heavy atom. The molecule has 1 amide bonds. The van der Waals surface area contributed by atoms with E-state index in [2.05, 4.69) is 39.0 Å². The van der Waals surface area contributed by atoms with Crippen LogP contribution in [0.5, 0.6) is 0 Å². The maximum atomic E-state index is 12.9. The van der Waals surface area contributed by atoms with Crippen molar-refractivity contribution in [1.29, 1.82) is 0 Å². The van der Waals surface area contributed by atoms with E-state index in [0.29, 0.717) is 33.3 Å². The summed E-state index contributed by atoms with van der Waals surface area (Å²) >= 11 is 0. The number of pyridine rings is 2. The number of aromatic nitrogens is 2. The lowest BCUT2D eigenvalue weighted by molar-refractivity contribution is 0.0696. The van der Waals surface area contributed by atoms with Crippen LogP contribution >= 0.6 is 0 Å². The summed E-state index contributed by atoms with van der Waals surface area (Å²) in [6, 6.07) is 19.1. The number of hydrogen-bond acceptors (Lipinski definition) is 5. The lowest BCUT2D eigenvalue weighted by Crippen LogP contribution is -2.36. The molecule has 0 saturated heterocycles. The first-order valence-electron chi connectivity index (χ1n) is 20.3. The van der Waals surface area contributed by atoms with E-state index in [0.717, 1.165) is 42.9 Å². The number of carboxylic acids is 1. The SMILES string of the molecule is NCC1(CC2CC2)CCCC1.O=C(NCC1(CC2CC2)CCCC1)c1ccc(C#Cc2ccc(F)cn2)cc1.O=C(O)c1ccc(C#Cc2ccc(F)cn2)cc1. The fourth-order valence-electron chi connectivity index (χ4n) is 8.01. The molecule has 0 atom stereocenters. The molecule has 0 radical (unpaired) electrons. The number of amides is 1. The molecule has 296 valence electrons. The Morgan fingerprint density at radius 1 is 0.649 bits per heavy atom. The van der Waals surface area contributed by atoms with Gasteiger partial charge in [-0.3, -0.25) is 4.79 Å². The molecular weight excluding hydrogens is 719 g/mol. The van der Waals surface area contributed by atoms with Crippen LogP contribution in [0.2, 0.25) is 0 Å². The van der Waals surface area contributed by atoms with Crippen LogP contribution in [0.25, 0.3) is 0 Å². The third-order valence-corrected chi connectivity index (χ3v) is 11.6. The smallest absolute Gasteiger partial charge is 0.335 e. The van der Waals surface area contributed by atoms with E-state index in [9.17, 15) is 18.4 Å². The Hall–Kier alpha value is -5.38. The number of benzene rings is 2. The predicted molar refractivity (Wildman–Crippen MR) is 218 cm³/mol. The molecule has 2 aromatic carbocycles. The van der Waals surface area contributed by atoms with E-state index in [-0.39, 0.29) is 17.3 Å². The van der Waals surface area contributed by atoms with Crippen LogP contribution in [0.4, 0.5) is 8.78 Å². The summed E-state index contributed by atoms with van der Waals surface area (Å²) < 4.78 is 25.5. The molecule has 4 N–H and O–H groups in total. The molecule has 57 heavy (non-hydrogen) atoms. The number of nitrogens with one attached hydrogen (secondary N) is 1. The van der Waals surface area contributed by atoms with Crippen molar-refractivity contribution in [3.8, 4) is 23.7 Å². The molecule has 9 heteroatoms. The van der Waals surface area contributed by atoms with Crippen LogP contribution in [-0.4, -0.2) is 40.0 Å². The monoisotopic (exact) mass is 770 g/mol. The predicted octanol–water partition coefficient (Wildman–Crippen LogP) is 9.34. The van der Waals surface area contributed by atoms with E-state index in [4.69, 9.17) is 10.8 Å². The second kappa shape index (κ2) is 19.7. The highest BCUT2D eigenvalue weighted by Crippen LogP contribution is 2.49. The molecule has 4 aliphatic carbocycles. The summed E-state index contributed by atoms with van der Waals surface area (Å²) in [6.45, 7) is 1.74. The minimum absolute atomic E-state index is 0.0122. The summed E-state index contributed by atoms with van der Waals surface area (Å²) in [5.74, 6) is 11.7. The van der Waals surface area contributed by atoms with Gasteiger partial charge >= 0.3 is 5.97 Å². The fraction of sp³-hybridized carbons (Fsp3) is 0.417. The number of carboxylic acid groups (broad SMARTS) is 1. The third kappa shape index (κ3) is 13.1. The molecule has 0 spiro atoms. The second-order valence-corrected chi connectivity index (χ2v) is 16.3. The van der Waals surface area contributed by atoms with Gasteiger partial charge in [0.15, 0.2) is 0 Å². The van der Waals surface area contributed by atoms with Gasteiger partial charge in [-0.25, -0.2) is 23.5 Å². The number of aromatic carboxylic acids is 1. The molecule has 2 heterocycles. The molecule has 4 aliphatic rings. The van der Waals surface area contributed by atoms with E-state index in [1.165, 1.54) is 120 Å². The van der Waals surface area contributed by atoms with Gasteiger partial charge in [-0.05, 0) is 152 Å². The Labute approximate surface area is 335 Å². The highest BCUT2D eigenvalue weighted by Gasteiger charge is 2.39. The zero-order valence-electron chi connectivity index (χ0n) is 32.5. The summed E-state index contributed by atoms with van der Waals surface area (Å²) in [5, 5.41) is 11.9. The lowest BCUT2D eigenvalue weighted by atomic mass is 9.80. The number of halogens is 2. The number of carbonyl (C=O) groups is 2. The van der Waals surface area contributed by atoms with Crippen molar-refractivity contribution in [3.63, 3.8) is 0 Å². The zero-order valence-corrected chi connectivity index (χ0v) is 32.5. The van der Waals surface area contributed by atoms with Gasteiger partial charge in [0.05, 0.1) is 18.0 Å². The molecule has 2 aromatic heterocycles. The van der Waals surface area contributed by atoms with Gasteiger partial charge in [0, 0.05) is 23.2 Å². The van der Waals surface area contributed by atoms with E-state index in [1.54, 1.807) is 30.3 Å².